The van der Waals surface area contributed by atoms with Crippen molar-refractivity contribution in [3.05, 3.63) is 57.2 Å². The lowest BCUT2D eigenvalue weighted by molar-refractivity contribution is 0.384. The zero-order valence-corrected chi connectivity index (χ0v) is 12.4. The second-order valence-corrected chi connectivity index (χ2v) is 5.07. The molecule has 100 valence electrons. The predicted molar refractivity (Wildman–Crippen MR) is 79.4 cm³/mol. The molecule has 0 saturated carbocycles. The Bertz CT molecular complexity index is 590. The predicted octanol–water partition coefficient (Wildman–Crippen LogP) is 4.19. The van der Waals surface area contributed by atoms with E-state index in [1.165, 1.54) is 19.2 Å². The van der Waals surface area contributed by atoms with Crippen LogP contribution in [0.1, 0.15) is 5.56 Å². The number of rotatable bonds is 4. The molecule has 2 aromatic carbocycles. The van der Waals surface area contributed by atoms with Crippen molar-refractivity contribution in [2.24, 2.45) is 0 Å². The van der Waals surface area contributed by atoms with Crippen molar-refractivity contribution >= 4 is 28.3 Å². The van der Waals surface area contributed by atoms with Crippen LogP contribution in [0.15, 0.2) is 36.4 Å². The zero-order chi connectivity index (χ0) is 13.8. The third kappa shape index (κ3) is 3.34. The summed E-state index contributed by atoms with van der Waals surface area (Å²) in [7, 11) is 1.43. The molecule has 0 radical (unpaired) electrons. The van der Waals surface area contributed by atoms with Crippen molar-refractivity contribution in [1.82, 2.24) is 0 Å². The van der Waals surface area contributed by atoms with Crippen LogP contribution in [0.5, 0.6) is 5.75 Å². The molecule has 0 unspecified atom stereocenters. The molecule has 0 fully saturated rings. The maximum atomic E-state index is 13.9. The minimum atomic E-state index is -0.380. The molecule has 0 amide bonds. The van der Waals surface area contributed by atoms with Gasteiger partial charge < -0.3 is 10.1 Å². The molecule has 2 aromatic rings. The molecular weight excluding hydrogens is 363 g/mol. The van der Waals surface area contributed by atoms with E-state index in [0.717, 1.165) is 9.26 Å². The van der Waals surface area contributed by atoms with Crippen molar-refractivity contribution in [2.75, 3.05) is 12.4 Å². The summed E-state index contributed by atoms with van der Waals surface area (Å²) in [5, 5.41) is 3.08. The van der Waals surface area contributed by atoms with Crippen LogP contribution in [-0.4, -0.2) is 7.11 Å². The number of halogens is 3. The quantitative estimate of drug-likeness (QED) is 0.810. The minimum absolute atomic E-state index is 0.216. The van der Waals surface area contributed by atoms with Gasteiger partial charge >= 0.3 is 0 Å². The molecule has 2 rings (SSSR count). The number of methoxy groups -OCH3 is 1. The summed E-state index contributed by atoms with van der Waals surface area (Å²) in [6.07, 6.45) is 0. The Hall–Kier alpha value is -1.37. The highest BCUT2D eigenvalue weighted by atomic mass is 127. The van der Waals surface area contributed by atoms with Crippen LogP contribution in [-0.2, 0) is 6.54 Å². The molecule has 0 saturated heterocycles. The summed E-state index contributed by atoms with van der Waals surface area (Å²) in [6, 6.07) is 9.41. The van der Waals surface area contributed by atoms with Crippen molar-refractivity contribution in [3.8, 4) is 5.75 Å². The highest BCUT2D eigenvalue weighted by molar-refractivity contribution is 14.1. The van der Waals surface area contributed by atoms with E-state index in [0.29, 0.717) is 12.1 Å². The monoisotopic (exact) mass is 375 g/mol. The number of hydrogen-bond acceptors (Lipinski definition) is 2. The van der Waals surface area contributed by atoms with Gasteiger partial charge in [0.2, 0.25) is 0 Å². The molecule has 19 heavy (non-hydrogen) atoms. The van der Waals surface area contributed by atoms with E-state index in [1.807, 2.05) is 22.6 Å². The Kier molecular flexibility index (Phi) is 4.57. The van der Waals surface area contributed by atoms with Crippen LogP contribution in [0.2, 0.25) is 0 Å². The van der Waals surface area contributed by atoms with E-state index >= 15 is 0 Å². The maximum absolute atomic E-state index is 13.9. The minimum Gasteiger partial charge on any atom is -0.494 e. The first-order valence-corrected chi connectivity index (χ1v) is 6.70. The SMILES string of the molecule is COc1cccc(CNc2ccc(F)cc2I)c1F. The molecule has 2 nitrogen and oxygen atoms in total. The van der Waals surface area contributed by atoms with Crippen molar-refractivity contribution in [2.45, 2.75) is 6.54 Å². The van der Waals surface area contributed by atoms with E-state index in [2.05, 4.69) is 5.32 Å². The van der Waals surface area contributed by atoms with Gasteiger partial charge in [0.05, 0.1) is 7.11 Å². The lowest BCUT2D eigenvalue weighted by Gasteiger charge is -2.11. The first-order chi connectivity index (χ1) is 9.11. The van der Waals surface area contributed by atoms with E-state index < -0.39 is 0 Å². The Morgan fingerprint density at radius 3 is 2.68 bits per heavy atom. The van der Waals surface area contributed by atoms with Gasteiger partial charge in [-0.15, -0.1) is 0 Å². The molecule has 0 aliphatic rings. The molecule has 0 aromatic heterocycles. The van der Waals surface area contributed by atoms with Crippen LogP contribution in [0.4, 0.5) is 14.5 Å². The summed E-state index contributed by atoms with van der Waals surface area (Å²) < 4.78 is 32.6. The third-order valence-electron chi connectivity index (χ3n) is 2.66. The van der Waals surface area contributed by atoms with Crippen molar-refractivity contribution in [3.63, 3.8) is 0 Å². The van der Waals surface area contributed by atoms with E-state index in [1.54, 1.807) is 24.3 Å². The molecular formula is C14H12F2INO. The highest BCUT2D eigenvalue weighted by Crippen LogP contribution is 2.23. The summed E-state index contributed by atoms with van der Waals surface area (Å²) in [5.41, 5.74) is 1.27. The fraction of sp³-hybridized carbons (Fsp3) is 0.143. The summed E-state index contributed by atoms with van der Waals surface area (Å²) in [4.78, 5) is 0. The molecule has 1 N–H and O–H groups in total. The second kappa shape index (κ2) is 6.18. The van der Waals surface area contributed by atoms with Gasteiger partial charge in [0.1, 0.15) is 5.82 Å². The summed E-state index contributed by atoms with van der Waals surface area (Å²) in [5.74, 6) is -0.453. The fourth-order valence-electron chi connectivity index (χ4n) is 1.67. The van der Waals surface area contributed by atoms with Crippen molar-refractivity contribution < 1.29 is 13.5 Å². The first kappa shape index (κ1) is 14.0. The van der Waals surface area contributed by atoms with Crippen LogP contribution >= 0.6 is 22.6 Å². The Morgan fingerprint density at radius 2 is 2.00 bits per heavy atom. The maximum Gasteiger partial charge on any atom is 0.170 e. The van der Waals surface area contributed by atoms with Gasteiger partial charge in [0.15, 0.2) is 11.6 Å². The topological polar surface area (TPSA) is 21.3 Å². The average Bonchev–Trinajstić information content (AvgIpc) is 2.39. The van der Waals surface area contributed by atoms with Crippen LogP contribution in [0, 0.1) is 15.2 Å². The van der Waals surface area contributed by atoms with Crippen LogP contribution in [0.3, 0.4) is 0 Å². The van der Waals surface area contributed by atoms with Gasteiger partial charge in [-0.3, -0.25) is 0 Å². The zero-order valence-electron chi connectivity index (χ0n) is 10.2. The lowest BCUT2D eigenvalue weighted by atomic mass is 10.2. The van der Waals surface area contributed by atoms with E-state index in [4.69, 9.17) is 4.74 Å². The van der Waals surface area contributed by atoms with Gasteiger partial charge in [0.25, 0.3) is 0 Å². The Labute approximate surface area is 123 Å². The van der Waals surface area contributed by atoms with Gasteiger partial charge in [-0.2, -0.15) is 0 Å². The third-order valence-corrected chi connectivity index (χ3v) is 3.56. The molecule has 5 heteroatoms. The van der Waals surface area contributed by atoms with Crippen molar-refractivity contribution in [1.29, 1.82) is 0 Å². The fourth-order valence-corrected chi connectivity index (χ4v) is 2.34. The van der Waals surface area contributed by atoms with E-state index in [-0.39, 0.29) is 17.4 Å². The standard InChI is InChI=1S/C14H12F2INO/c1-19-13-4-2-3-9(14(13)16)8-18-12-6-5-10(15)7-11(12)17/h2-7,18H,8H2,1H3. The van der Waals surface area contributed by atoms with Crippen LogP contribution in [0.25, 0.3) is 0 Å². The smallest absolute Gasteiger partial charge is 0.170 e. The number of benzene rings is 2. The number of anilines is 1. The summed E-state index contributed by atoms with van der Waals surface area (Å²) in [6.45, 7) is 0.310. The van der Waals surface area contributed by atoms with Crippen LogP contribution < -0.4 is 10.1 Å². The lowest BCUT2D eigenvalue weighted by Crippen LogP contribution is -2.04. The van der Waals surface area contributed by atoms with Gasteiger partial charge in [-0.05, 0) is 46.9 Å². The number of nitrogens with one attached hydrogen (secondary N) is 1. The van der Waals surface area contributed by atoms with Gasteiger partial charge in [0, 0.05) is 21.4 Å². The molecule has 0 heterocycles. The molecule has 0 atom stereocenters. The average molecular weight is 375 g/mol. The number of hydrogen-bond donors (Lipinski definition) is 1. The highest BCUT2D eigenvalue weighted by Gasteiger charge is 2.08. The normalized spacial score (nSPS) is 10.3. The van der Waals surface area contributed by atoms with E-state index in [9.17, 15) is 8.78 Å². The molecule has 0 bridgehead atoms. The molecule has 0 aliphatic carbocycles. The largest absolute Gasteiger partial charge is 0.494 e. The molecule has 0 spiro atoms. The molecule has 0 aliphatic heterocycles. The first-order valence-electron chi connectivity index (χ1n) is 5.62. The summed E-state index contributed by atoms with van der Waals surface area (Å²) >= 11 is 2.03. The Balaban J connectivity index is 2.14. The second-order valence-electron chi connectivity index (χ2n) is 3.91. The Morgan fingerprint density at radius 1 is 1.21 bits per heavy atom. The number of ether oxygens (including phenoxy) is 1. The van der Waals surface area contributed by atoms with Gasteiger partial charge in [-0.25, -0.2) is 8.78 Å². The van der Waals surface area contributed by atoms with Gasteiger partial charge in [-0.1, -0.05) is 12.1 Å².